The topological polar surface area (TPSA) is 58.4 Å². The first-order valence-electron chi connectivity index (χ1n) is 7.65. The molecule has 3 N–H and O–H groups in total. The molecule has 2 aliphatic heterocycles. The van der Waals surface area contributed by atoms with Crippen LogP contribution in [0, 0.1) is 0 Å². The Morgan fingerprint density at radius 3 is 2.43 bits per heavy atom. The van der Waals surface area contributed by atoms with E-state index in [1.54, 1.807) is 0 Å². The highest BCUT2D eigenvalue weighted by molar-refractivity contribution is 6.30. The predicted octanol–water partition coefficient (Wildman–Crippen LogP) is 1.91. The molecule has 2 aliphatic rings. The van der Waals surface area contributed by atoms with Crippen LogP contribution in [0.2, 0.25) is 5.02 Å². The van der Waals surface area contributed by atoms with Gasteiger partial charge in [0.25, 0.3) is 0 Å². The molecule has 0 aliphatic carbocycles. The third kappa shape index (κ3) is 3.39. The Hall–Kier alpha value is -1.10. The van der Waals surface area contributed by atoms with Gasteiger partial charge in [-0.1, -0.05) is 23.7 Å². The molecule has 2 atom stereocenters. The number of benzene rings is 1. The number of rotatable bonds is 4. The lowest BCUT2D eigenvalue weighted by molar-refractivity contribution is -0.120. The van der Waals surface area contributed by atoms with E-state index in [9.17, 15) is 4.79 Å². The summed E-state index contributed by atoms with van der Waals surface area (Å²) in [5.41, 5.74) is 6.69. The SMILES string of the molecule is NCC(=O)NC1CC2CCC(C1)N2Cc1ccc(Cl)cc1. The minimum Gasteiger partial charge on any atom is -0.352 e. The molecule has 0 spiro atoms. The van der Waals surface area contributed by atoms with Crippen LogP contribution < -0.4 is 11.1 Å². The van der Waals surface area contributed by atoms with Gasteiger partial charge < -0.3 is 11.1 Å². The second-order valence-corrected chi connectivity index (χ2v) is 6.56. The molecular formula is C16H22ClN3O. The number of carbonyl (C=O) groups is 1. The van der Waals surface area contributed by atoms with Gasteiger partial charge in [-0.15, -0.1) is 0 Å². The number of halogens is 1. The van der Waals surface area contributed by atoms with Crippen molar-refractivity contribution in [2.75, 3.05) is 6.54 Å². The minimum atomic E-state index is -0.0365. The molecule has 2 fully saturated rings. The molecule has 4 nitrogen and oxygen atoms in total. The van der Waals surface area contributed by atoms with Crippen LogP contribution in [0.15, 0.2) is 24.3 Å². The van der Waals surface area contributed by atoms with Crippen molar-refractivity contribution in [2.24, 2.45) is 5.73 Å². The average molecular weight is 308 g/mol. The van der Waals surface area contributed by atoms with E-state index in [4.69, 9.17) is 17.3 Å². The van der Waals surface area contributed by atoms with Crippen LogP contribution in [0.1, 0.15) is 31.2 Å². The van der Waals surface area contributed by atoms with Crippen LogP contribution in [0.5, 0.6) is 0 Å². The number of hydrogen-bond acceptors (Lipinski definition) is 3. The summed E-state index contributed by atoms with van der Waals surface area (Å²) in [6.07, 6.45) is 4.53. The van der Waals surface area contributed by atoms with Crippen molar-refractivity contribution in [3.8, 4) is 0 Å². The van der Waals surface area contributed by atoms with E-state index in [1.165, 1.54) is 18.4 Å². The van der Waals surface area contributed by atoms with Gasteiger partial charge in [0.2, 0.25) is 5.91 Å². The fourth-order valence-electron chi connectivity index (χ4n) is 3.74. The summed E-state index contributed by atoms with van der Waals surface area (Å²) < 4.78 is 0. The fourth-order valence-corrected chi connectivity index (χ4v) is 3.86. The quantitative estimate of drug-likeness (QED) is 0.893. The van der Waals surface area contributed by atoms with E-state index in [2.05, 4.69) is 22.3 Å². The summed E-state index contributed by atoms with van der Waals surface area (Å²) in [4.78, 5) is 14.0. The standard InChI is InChI=1S/C16H22ClN3O/c17-12-3-1-11(2-4-12)10-20-14-5-6-15(20)8-13(7-14)19-16(21)9-18/h1-4,13-15H,5-10,18H2,(H,19,21). The summed E-state index contributed by atoms with van der Waals surface area (Å²) in [6, 6.07) is 9.54. The van der Waals surface area contributed by atoms with Gasteiger partial charge >= 0.3 is 0 Å². The van der Waals surface area contributed by atoms with Gasteiger partial charge in [0.15, 0.2) is 0 Å². The van der Waals surface area contributed by atoms with Crippen molar-refractivity contribution >= 4 is 17.5 Å². The molecule has 0 saturated carbocycles. The van der Waals surface area contributed by atoms with E-state index in [0.717, 1.165) is 24.4 Å². The molecule has 1 amide bonds. The Kier molecular flexibility index (Phi) is 4.48. The number of nitrogens with two attached hydrogens (primary N) is 1. The number of amides is 1. The van der Waals surface area contributed by atoms with Crippen molar-refractivity contribution in [1.82, 2.24) is 10.2 Å². The first-order valence-corrected chi connectivity index (χ1v) is 8.03. The van der Waals surface area contributed by atoms with Crippen molar-refractivity contribution < 1.29 is 4.79 Å². The van der Waals surface area contributed by atoms with Gasteiger partial charge in [-0.05, 0) is 43.4 Å². The van der Waals surface area contributed by atoms with E-state index in [1.807, 2.05) is 12.1 Å². The van der Waals surface area contributed by atoms with Crippen LogP contribution in [0.3, 0.4) is 0 Å². The predicted molar refractivity (Wildman–Crippen MR) is 84.0 cm³/mol. The highest BCUT2D eigenvalue weighted by Gasteiger charge is 2.40. The van der Waals surface area contributed by atoms with Crippen LogP contribution >= 0.6 is 11.6 Å². The summed E-state index contributed by atoms with van der Waals surface area (Å²) in [7, 11) is 0. The first kappa shape index (κ1) is 14.8. The third-order valence-corrected chi connectivity index (χ3v) is 4.97. The number of fused-ring (bicyclic) bond motifs is 2. The zero-order valence-corrected chi connectivity index (χ0v) is 12.9. The van der Waals surface area contributed by atoms with Crippen molar-refractivity contribution in [3.05, 3.63) is 34.9 Å². The monoisotopic (exact) mass is 307 g/mol. The maximum absolute atomic E-state index is 11.5. The summed E-state index contributed by atoms with van der Waals surface area (Å²) in [5.74, 6) is -0.0365. The van der Waals surface area contributed by atoms with Gasteiger partial charge in [-0.2, -0.15) is 0 Å². The molecule has 2 unspecified atom stereocenters. The Morgan fingerprint density at radius 2 is 1.86 bits per heavy atom. The van der Waals surface area contributed by atoms with Gasteiger partial charge in [0, 0.05) is 29.7 Å². The smallest absolute Gasteiger partial charge is 0.233 e. The molecule has 21 heavy (non-hydrogen) atoms. The normalized spacial score (nSPS) is 28.6. The minimum absolute atomic E-state index is 0.0365. The van der Waals surface area contributed by atoms with E-state index < -0.39 is 0 Å². The Morgan fingerprint density at radius 1 is 1.24 bits per heavy atom. The molecule has 3 rings (SSSR count). The van der Waals surface area contributed by atoms with Gasteiger partial charge in [0.05, 0.1) is 6.54 Å². The maximum atomic E-state index is 11.5. The lowest BCUT2D eigenvalue weighted by atomic mass is 9.96. The molecular weight excluding hydrogens is 286 g/mol. The van der Waals surface area contributed by atoms with Gasteiger partial charge in [0.1, 0.15) is 0 Å². The van der Waals surface area contributed by atoms with Crippen molar-refractivity contribution in [1.29, 1.82) is 0 Å². The van der Waals surface area contributed by atoms with Gasteiger partial charge in [-0.25, -0.2) is 0 Å². The molecule has 1 aromatic carbocycles. The Labute approximate surface area is 130 Å². The fraction of sp³-hybridized carbons (Fsp3) is 0.562. The van der Waals surface area contributed by atoms with Crippen molar-refractivity contribution in [2.45, 2.75) is 50.4 Å². The van der Waals surface area contributed by atoms with Crippen molar-refractivity contribution in [3.63, 3.8) is 0 Å². The van der Waals surface area contributed by atoms with Crippen LogP contribution in [0.4, 0.5) is 0 Å². The third-order valence-electron chi connectivity index (χ3n) is 4.71. The molecule has 0 aromatic heterocycles. The molecule has 2 saturated heterocycles. The average Bonchev–Trinajstić information content (AvgIpc) is 2.71. The number of piperidine rings is 1. The summed E-state index contributed by atoms with van der Waals surface area (Å²) in [6.45, 7) is 1.06. The molecule has 1 aromatic rings. The second kappa shape index (κ2) is 6.34. The second-order valence-electron chi connectivity index (χ2n) is 6.12. The highest BCUT2D eigenvalue weighted by Crippen LogP contribution is 2.36. The molecule has 2 bridgehead atoms. The van der Waals surface area contributed by atoms with Crippen LogP contribution in [-0.4, -0.2) is 35.5 Å². The zero-order valence-electron chi connectivity index (χ0n) is 12.1. The van der Waals surface area contributed by atoms with Gasteiger partial charge in [-0.3, -0.25) is 9.69 Å². The molecule has 0 radical (unpaired) electrons. The molecule has 5 heteroatoms. The Balaban J connectivity index is 1.62. The summed E-state index contributed by atoms with van der Waals surface area (Å²) in [5, 5.41) is 3.84. The zero-order chi connectivity index (χ0) is 14.8. The summed E-state index contributed by atoms with van der Waals surface area (Å²) >= 11 is 5.94. The van der Waals surface area contributed by atoms with E-state index in [-0.39, 0.29) is 12.5 Å². The number of nitrogens with one attached hydrogen (secondary N) is 1. The van der Waals surface area contributed by atoms with E-state index in [0.29, 0.717) is 18.1 Å². The van der Waals surface area contributed by atoms with E-state index >= 15 is 0 Å². The largest absolute Gasteiger partial charge is 0.352 e. The highest BCUT2D eigenvalue weighted by atomic mass is 35.5. The number of hydrogen-bond donors (Lipinski definition) is 2. The van der Waals surface area contributed by atoms with Crippen LogP contribution in [0.25, 0.3) is 0 Å². The number of nitrogens with zero attached hydrogens (tertiary/aromatic N) is 1. The first-order chi connectivity index (χ1) is 10.2. The number of carbonyl (C=O) groups excluding carboxylic acids is 1. The lowest BCUT2D eigenvalue weighted by Crippen LogP contribution is -2.50. The molecule has 2 heterocycles. The van der Waals surface area contributed by atoms with Crippen LogP contribution in [-0.2, 0) is 11.3 Å². The maximum Gasteiger partial charge on any atom is 0.233 e. The Bertz CT molecular complexity index is 491. The lowest BCUT2D eigenvalue weighted by Gasteiger charge is -2.39. The molecule has 114 valence electrons.